The summed E-state index contributed by atoms with van der Waals surface area (Å²) < 4.78 is 22.5. The zero-order valence-corrected chi connectivity index (χ0v) is 21.2. The van der Waals surface area contributed by atoms with Gasteiger partial charge in [-0.05, 0) is 49.9 Å². The summed E-state index contributed by atoms with van der Waals surface area (Å²) in [4.78, 5) is 14.7. The lowest BCUT2D eigenvalue weighted by Crippen LogP contribution is -2.40. The van der Waals surface area contributed by atoms with E-state index in [0.717, 1.165) is 98.8 Å². The van der Waals surface area contributed by atoms with Crippen LogP contribution in [0.5, 0.6) is 11.5 Å². The average Bonchev–Trinajstić information content (AvgIpc) is 3.47. The van der Waals surface area contributed by atoms with Gasteiger partial charge in [0.25, 0.3) is 0 Å². The van der Waals surface area contributed by atoms with Crippen molar-refractivity contribution in [3.8, 4) is 11.5 Å². The lowest BCUT2D eigenvalue weighted by atomic mass is 9.74. The van der Waals surface area contributed by atoms with Crippen molar-refractivity contribution in [3.63, 3.8) is 0 Å². The van der Waals surface area contributed by atoms with E-state index in [1.54, 1.807) is 11.3 Å². The normalized spacial score (nSPS) is 19.8. The molecule has 8 nitrogen and oxygen atoms in total. The number of nitrogens with zero attached hydrogens (tertiary/aromatic N) is 3. The van der Waals surface area contributed by atoms with Gasteiger partial charge in [-0.2, -0.15) is 0 Å². The van der Waals surface area contributed by atoms with Crippen LogP contribution in [0, 0.1) is 13.8 Å². The number of nitrogens with one attached hydrogen (secondary N) is 1. The van der Waals surface area contributed by atoms with Crippen molar-refractivity contribution in [2.45, 2.75) is 38.6 Å². The van der Waals surface area contributed by atoms with E-state index < -0.39 is 0 Å². The minimum atomic E-state index is -0.0696. The molecule has 3 aliphatic rings. The van der Waals surface area contributed by atoms with Gasteiger partial charge in [0, 0.05) is 43.1 Å². The number of benzene rings is 1. The van der Waals surface area contributed by atoms with Crippen LogP contribution in [0.15, 0.2) is 18.2 Å². The molecule has 0 bridgehead atoms. The van der Waals surface area contributed by atoms with Crippen LogP contribution in [0.25, 0.3) is 10.2 Å². The fraction of sp³-hybridized carbons (Fsp3) is 0.538. The molecule has 1 N–H and O–H groups in total. The van der Waals surface area contributed by atoms with Crippen LogP contribution in [-0.4, -0.2) is 67.7 Å². The minimum absolute atomic E-state index is 0.0696. The lowest BCUT2D eigenvalue weighted by Gasteiger charge is -2.38. The first-order valence-electron chi connectivity index (χ1n) is 12.4. The molecule has 2 saturated heterocycles. The van der Waals surface area contributed by atoms with Gasteiger partial charge in [0.15, 0.2) is 11.5 Å². The maximum atomic E-state index is 5.76. The molecule has 186 valence electrons. The summed E-state index contributed by atoms with van der Waals surface area (Å²) in [5, 5.41) is 4.93. The predicted molar refractivity (Wildman–Crippen MR) is 136 cm³/mol. The summed E-state index contributed by atoms with van der Waals surface area (Å²) >= 11 is 1.75. The van der Waals surface area contributed by atoms with Gasteiger partial charge in [-0.1, -0.05) is 6.07 Å². The number of fused-ring (bicyclic) bond motifs is 2. The van der Waals surface area contributed by atoms with Crippen molar-refractivity contribution in [1.82, 2.24) is 14.9 Å². The van der Waals surface area contributed by atoms with Crippen LogP contribution in [0.4, 0.5) is 5.82 Å². The van der Waals surface area contributed by atoms with E-state index in [0.29, 0.717) is 0 Å². The summed E-state index contributed by atoms with van der Waals surface area (Å²) in [6.07, 6.45) is 1.88. The van der Waals surface area contributed by atoms with Gasteiger partial charge in [0.05, 0.1) is 25.1 Å². The van der Waals surface area contributed by atoms with Crippen LogP contribution in [0.1, 0.15) is 34.7 Å². The molecule has 0 aliphatic carbocycles. The quantitative estimate of drug-likeness (QED) is 0.548. The van der Waals surface area contributed by atoms with Gasteiger partial charge in [-0.25, -0.2) is 9.97 Å². The Hall–Kier alpha value is -2.46. The van der Waals surface area contributed by atoms with Gasteiger partial charge in [-0.15, -0.1) is 11.3 Å². The summed E-state index contributed by atoms with van der Waals surface area (Å²) in [6.45, 7) is 11.0. The standard InChI is InChI=1S/C26H32N4O4S/c1-17-18(2)35-25-23(17)24(28-22(29-25)14-30-7-11-32-12-8-30)27-15-26(5-9-31-10-6-26)19-3-4-20-21(13-19)34-16-33-20/h3-4,13H,5-12,14-16H2,1-2H3,(H,27,28,29). The van der Waals surface area contributed by atoms with Gasteiger partial charge in [0.1, 0.15) is 16.5 Å². The van der Waals surface area contributed by atoms with Crippen LogP contribution in [0.2, 0.25) is 0 Å². The smallest absolute Gasteiger partial charge is 0.231 e. The van der Waals surface area contributed by atoms with E-state index in [1.807, 2.05) is 6.07 Å². The molecule has 5 heterocycles. The molecule has 1 aromatic carbocycles. The predicted octanol–water partition coefficient (Wildman–Crippen LogP) is 4.03. The highest BCUT2D eigenvalue weighted by molar-refractivity contribution is 7.18. The number of thiophene rings is 1. The first-order chi connectivity index (χ1) is 17.1. The molecular weight excluding hydrogens is 464 g/mol. The molecule has 9 heteroatoms. The first-order valence-corrected chi connectivity index (χ1v) is 13.2. The molecule has 3 aromatic rings. The number of ether oxygens (including phenoxy) is 4. The van der Waals surface area contributed by atoms with Gasteiger partial charge < -0.3 is 24.3 Å². The van der Waals surface area contributed by atoms with Crippen LogP contribution >= 0.6 is 11.3 Å². The molecular formula is C26H32N4O4S. The van der Waals surface area contributed by atoms with E-state index in [1.165, 1.54) is 16.0 Å². The Balaban J connectivity index is 1.32. The Labute approximate surface area is 209 Å². The Morgan fingerprint density at radius 1 is 1.00 bits per heavy atom. The summed E-state index contributed by atoms with van der Waals surface area (Å²) in [5.74, 6) is 3.45. The topological polar surface area (TPSA) is 78.0 Å². The second kappa shape index (κ2) is 9.54. The number of anilines is 1. The Bertz CT molecular complexity index is 1220. The van der Waals surface area contributed by atoms with Crippen molar-refractivity contribution in [2.24, 2.45) is 0 Å². The van der Waals surface area contributed by atoms with Gasteiger partial charge >= 0.3 is 0 Å². The molecule has 0 saturated carbocycles. The fourth-order valence-electron chi connectivity index (χ4n) is 5.26. The van der Waals surface area contributed by atoms with E-state index in [2.05, 4.69) is 36.2 Å². The van der Waals surface area contributed by atoms with Crippen molar-refractivity contribution in [2.75, 3.05) is 58.2 Å². The molecule has 2 fully saturated rings. The highest BCUT2D eigenvalue weighted by Gasteiger charge is 2.36. The third-order valence-corrected chi connectivity index (χ3v) is 8.67. The van der Waals surface area contributed by atoms with E-state index in [-0.39, 0.29) is 12.2 Å². The molecule has 35 heavy (non-hydrogen) atoms. The third kappa shape index (κ3) is 4.46. The van der Waals surface area contributed by atoms with Crippen molar-refractivity contribution in [1.29, 1.82) is 0 Å². The minimum Gasteiger partial charge on any atom is -0.454 e. The molecule has 0 spiro atoms. The number of hydrogen-bond donors (Lipinski definition) is 1. The molecule has 0 amide bonds. The number of morpholine rings is 1. The summed E-state index contributed by atoms with van der Waals surface area (Å²) in [5.41, 5.74) is 2.45. The molecule has 0 atom stereocenters. The van der Waals surface area contributed by atoms with Crippen LogP contribution in [0.3, 0.4) is 0 Å². The second-order valence-electron chi connectivity index (χ2n) is 9.65. The van der Waals surface area contributed by atoms with E-state index >= 15 is 0 Å². The molecule has 3 aliphatic heterocycles. The maximum absolute atomic E-state index is 5.76. The highest BCUT2D eigenvalue weighted by atomic mass is 32.1. The van der Waals surface area contributed by atoms with Crippen molar-refractivity contribution >= 4 is 27.4 Å². The fourth-order valence-corrected chi connectivity index (χ4v) is 6.31. The molecule has 6 rings (SSSR count). The average molecular weight is 497 g/mol. The van der Waals surface area contributed by atoms with Crippen molar-refractivity contribution < 1.29 is 18.9 Å². The second-order valence-corrected chi connectivity index (χ2v) is 10.9. The molecule has 0 radical (unpaired) electrons. The number of hydrogen-bond acceptors (Lipinski definition) is 9. The molecule has 0 unspecified atom stereocenters. The SMILES string of the molecule is Cc1sc2nc(CN3CCOCC3)nc(NCC3(c4ccc5c(c4)OCO5)CCOCC3)c2c1C. The molecule has 2 aromatic heterocycles. The van der Waals surface area contributed by atoms with E-state index in [4.69, 9.17) is 28.9 Å². The summed E-state index contributed by atoms with van der Waals surface area (Å²) in [7, 11) is 0. The Morgan fingerprint density at radius 2 is 1.77 bits per heavy atom. The summed E-state index contributed by atoms with van der Waals surface area (Å²) in [6, 6.07) is 6.36. The lowest BCUT2D eigenvalue weighted by molar-refractivity contribution is 0.0331. The van der Waals surface area contributed by atoms with Gasteiger partial charge in [-0.3, -0.25) is 4.90 Å². The Morgan fingerprint density at radius 3 is 2.60 bits per heavy atom. The zero-order chi connectivity index (χ0) is 23.8. The largest absolute Gasteiger partial charge is 0.454 e. The zero-order valence-electron chi connectivity index (χ0n) is 20.4. The van der Waals surface area contributed by atoms with Crippen LogP contribution in [-0.2, 0) is 21.4 Å². The Kier molecular flexibility index (Phi) is 6.26. The number of aryl methyl sites for hydroxylation is 2. The first kappa shape index (κ1) is 23.0. The highest BCUT2D eigenvalue weighted by Crippen LogP contribution is 2.42. The van der Waals surface area contributed by atoms with Crippen molar-refractivity contribution in [3.05, 3.63) is 40.0 Å². The third-order valence-electron chi connectivity index (χ3n) is 7.57. The van der Waals surface area contributed by atoms with Crippen LogP contribution < -0.4 is 14.8 Å². The van der Waals surface area contributed by atoms with Gasteiger partial charge in [0.2, 0.25) is 6.79 Å². The number of aromatic nitrogens is 2. The van der Waals surface area contributed by atoms with E-state index in [9.17, 15) is 0 Å². The maximum Gasteiger partial charge on any atom is 0.231 e. The number of rotatable bonds is 6. The monoisotopic (exact) mass is 496 g/mol.